The molecule has 1 aliphatic heterocycles. The molecule has 1 aromatic rings. The van der Waals surface area contributed by atoms with Crippen LogP contribution in [-0.4, -0.2) is 27.7 Å². The highest BCUT2D eigenvalue weighted by atomic mass is 16.7. The van der Waals surface area contributed by atoms with Gasteiger partial charge >= 0.3 is 5.97 Å². The third kappa shape index (κ3) is 3.32. The van der Waals surface area contributed by atoms with Gasteiger partial charge in [-0.2, -0.15) is 0 Å². The summed E-state index contributed by atoms with van der Waals surface area (Å²) in [5, 5.41) is 10.7. The highest BCUT2D eigenvalue weighted by molar-refractivity contribution is 5.78. The lowest BCUT2D eigenvalue weighted by Gasteiger charge is -2.32. The molecule has 1 fully saturated rings. The van der Waals surface area contributed by atoms with E-state index < -0.39 is 17.5 Å². The van der Waals surface area contributed by atoms with Crippen molar-refractivity contribution in [2.24, 2.45) is 5.92 Å². The van der Waals surface area contributed by atoms with Gasteiger partial charge in [0.25, 0.3) is 0 Å². The van der Waals surface area contributed by atoms with E-state index in [2.05, 4.69) is 0 Å². The van der Waals surface area contributed by atoms with Crippen molar-refractivity contribution >= 4 is 11.9 Å². The SMILES string of the molecule is CC(C)(C)ON1C(=C=O)C(C(=O)O)CC1c1ccccc1. The first-order valence-corrected chi connectivity index (χ1v) is 6.84. The van der Waals surface area contributed by atoms with E-state index in [1.54, 1.807) is 5.94 Å². The van der Waals surface area contributed by atoms with E-state index in [4.69, 9.17) is 4.84 Å². The predicted octanol–water partition coefficient (Wildman–Crippen LogP) is 2.58. The predicted molar refractivity (Wildman–Crippen MR) is 76.8 cm³/mol. The summed E-state index contributed by atoms with van der Waals surface area (Å²) in [6.07, 6.45) is 0.292. The van der Waals surface area contributed by atoms with Crippen molar-refractivity contribution in [2.45, 2.75) is 38.8 Å². The van der Waals surface area contributed by atoms with Gasteiger partial charge < -0.3 is 5.11 Å². The summed E-state index contributed by atoms with van der Waals surface area (Å²) < 4.78 is 0. The summed E-state index contributed by atoms with van der Waals surface area (Å²) in [5.41, 5.74) is 0.423. The Bertz CT molecular complexity index is 570. The van der Waals surface area contributed by atoms with E-state index in [1.165, 1.54) is 5.06 Å². The highest BCUT2D eigenvalue weighted by Gasteiger charge is 2.44. The van der Waals surface area contributed by atoms with E-state index in [1.807, 2.05) is 51.1 Å². The monoisotopic (exact) mass is 289 g/mol. The van der Waals surface area contributed by atoms with Crippen LogP contribution in [0.2, 0.25) is 0 Å². The fourth-order valence-corrected chi connectivity index (χ4v) is 2.44. The third-order valence-electron chi connectivity index (χ3n) is 3.27. The normalized spacial score (nSPS) is 22.2. The van der Waals surface area contributed by atoms with Gasteiger partial charge in [0.05, 0.1) is 11.6 Å². The molecule has 0 spiro atoms. The van der Waals surface area contributed by atoms with Crippen molar-refractivity contribution in [1.82, 2.24) is 5.06 Å². The Kier molecular flexibility index (Phi) is 4.16. The maximum absolute atomic E-state index is 11.4. The molecule has 2 unspecified atom stereocenters. The molecule has 0 aromatic heterocycles. The van der Waals surface area contributed by atoms with Crippen molar-refractivity contribution in [1.29, 1.82) is 0 Å². The smallest absolute Gasteiger partial charge is 0.313 e. The second-order valence-corrected chi connectivity index (χ2v) is 6.07. The first-order chi connectivity index (χ1) is 9.83. The molecule has 112 valence electrons. The molecule has 1 saturated heterocycles. The van der Waals surface area contributed by atoms with Crippen LogP contribution in [0.25, 0.3) is 0 Å². The Morgan fingerprint density at radius 3 is 2.43 bits per heavy atom. The molecule has 0 bridgehead atoms. The van der Waals surface area contributed by atoms with Crippen LogP contribution in [0, 0.1) is 5.92 Å². The average Bonchev–Trinajstić information content (AvgIpc) is 2.76. The highest BCUT2D eigenvalue weighted by Crippen LogP contribution is 2.42. The van der Waals surface area contributed by atoms with Gasteiger partial charge in [-0.25, -0.2) is 9.86 Å². The molecule has 5 nitrogen and oxygen atoms in total. The maximum atomic E-state index is 11.4. The molecule has 0 radical (unpaired) electrons. The number of carboxylic acids is 1. The van der Waals surface area contributed by atoms with E-state index in [0.29, 0.717) is 6.42 Å². The molecule has 1 aromatic carbocycles. The largest absolute Gasteiger partial charge is 0.481 e. The number of hydrogen-bond acceptors (Lipinski definition) is 4. The van der Waals surface area contributed by atoms with Gasteiger partial charge in [-0.05, 0) is 32.8 Å². The number of rotatable bonds is 3. The first-order valence-electron chi connectivity index (χ1n) is 6.84. The van der Waals surface area contributed by atoms with Crippen LogP contribution in [0.15, 0.2) is 36.0 Å². The second kappa shape index (κ2) is 5.72. The average molecular weight is 289 g/mol. The summed E-state index contributed by atoms with van der Waals surface area (Å²) >= 11 is 0. The lowest BCUT2D eigenvalue weighted by atomic mass is 9.99. The Balaban J connectivity index is 2.42. The van der Waals surface area contributed by atoms with Crippen molar-refractivity contribution in [3.63, 3.8) is 0 Å². The van der Waals surface area contributed by atoms with Gasteiger partial charge in [-0.1, -0.05) is 30.3 Å². The summed E-state index contributed by atoms with van der Waals surface area (Å²) in [7, 11) is 0. The van der Waals surface area contributed by atoms with Gasteiger partial charge in [-0.3, -0.25) is 9.63 Å². The molecule has 0 aliphatic carbocycles. The Morgan fingerprint density at radius 2 is 1.95 bits per heavy atom. The van der Waals surface area contributed by atoms with Gasteiger partial charge in [-0.15, -0.1) is 0 Å². The fourth-order valence-electron chi connectivity index (χ4n) is 2.44. The zero-order valence-corrected chi connectivity index (χ0v) is 12.4. The molecule has 1 N–H and O–H groups in total. The van der Waals surface area contributed by atoms with Crippen LogP contribution < -0.4 is 0 Å². The van der Waals surface area contributed by atoms with Gasteiger partial charge in [0.1, 0.15) is 17.6 Å². The molecule has 1 aliphatic rings. The molecule has 2 rings (SSSR count). The van der Waals surface area contributed by atoms with E-state index in [9.17, 15) is 14.7 Å². The molecular weight excluding hydrogens is 270 g/mol. The molecule has 21 heavy (non-hydrogen) atoms. The lowest BCUT2D eigenvalue weighted by molar-refractivity contribution is -0.219. The van der Waals surface area contributed by atoms with Crippen LogP contribution in [0.4, 0.5) is 0 Å². The number of hydroxylamine groups is 2. The Hall–Kier alpha value is -2.10. The second-order valence-electron chi connectivity index (χ2n) is 6.07. The zero-order valence-electron chi connectivity index (χ0n) is 12.4. The Morgan fingerprint density at radius 1 is 1.33 bits per heavy atom. The number of nitrogens with zero attached hydrogens (tertiary/aromatic N) is 1. The number of carboxylic acid groups (broad SMARTS) is 1. The van der Waals surface area contributed by atoms with Crippen LogP contribution >= 0.6 is 0 Å². The molecule has 0 amide bonds. The summed E-state index contributed by atoms with van der Waals surface area (Å²) in [6.45, 7) is 5.56. The number of aliphatic carboxylic acids is 1. The number of carbonyl (C=O) groups is 1. The van der Waals surface area contributed by atoms with Gasteiger partial charge in [0.2, 0.25) is 0 Å². The van der Waals surface area contributed by atoms with E-state index in [0.717, 1.165) is 5.56 Å². The van der Waals surface area contributed by atoms with E-state index >= 15 is 0 Å². The number of carbonyl (C=O) groups excluding carboxylic acids is 1. The standard InChI is InChI=1S/C16H19NO4/c1-16(2,3)21-17-13(11-7-5-4-6-8-11)9-12(15(19)20)14(17)10-18/h4-8,12-13H,9H2,1-3H3,(H,19,20). The maximum Gasteiger partial charge on any atom is 0.313 e. The van der Waals surface area contributed by atoms with Gasteiger partial charge in [0.15, 0.2) is 0 Å². The van der Waals surface area contributed by atoms with Crippen molar-refractivity contribution in [3.8, 4) is 0 Å². The molecular formula is C16H19NO4. The topological polar surface area (TPSA) is 66.8 Å². The summed E-state index contributed by atoms with van der Waals surface area (Å²) in [5.74, 6) is -0.172. The quantitative estimate of drug-likeness (QED) is 0.866. The lowest BCUT2D eigenvalue weighted by Crippen LogP contribution is -2.33. The van der Waals surface area contributed by atoms with Crippen LogP contribution in [0.3, 0.4) is 0 Å². The first kappa shape index (κ1) is 15.3. The minimum absolute atomic E-state index is 0.0475. The Labute approximate surface area is 123 Å². The molecule has 5 heteroatoms. The summed E-state index contributed by atoms with van der Waals surface area (Å²) in [4.78, 5) is 28.4. The van der Waals surface area contributed by atoms with Crippen LogP contribution in [0.1, 0.15) is 38.8 Å². The zero-order chi connectivity index (χ0) is 15.6. The minimum atomic E-state index is -1.03. The molecule has 1 heterocycles. The number of benzene rings is 1. The molecule has 0 saturated carbocycles. The van der Waals surface area contributed by atoms with Crippen LogP contribution in [0.5, 0.6) is 0 Å². The van der Waals surface area contributed by atoms with Crippen molar-refractivity contribution in [3.05, 3.63) is 41.6 Å². The number of hydrogen-bond donors (Lipinski definition) is 1. The van der Waals surface area contributed by atoms with Crippen molar-refractivity contribution in [2.75, 3.05) is 0 Å². The van der Waals surface area contributed by atoms with Crippen LogP contribution in [-0.2, 0) is 14.4 Å². The third-order valence-corrected chi connectivity index (χ3v) is 3.27. The fraction of sp³-hybridized carbons (Fsp3) is 0.438. The van der Waals surface area contributed by atoms with Gasteiger partial charge in [0, 0.05) is 0 Å². The molecule has 2 atom stereocenters. The minimum Gasteiger partial charge on any atom is -0.481 e. The van der Waals surface area contributed by atoms with E-state index in [-0.39, 0.29) is 11.7 Å². The summed E-state index contributed by atoms with van der Waals surface area (Å²) in [6, 6.07) is 9.14. The van der Waals surface area contributed by atoms with Crippen molar-refractivity contribution < 1.29 is 19.5 Å².